The van der Waals surface area contributed by atoms with E-state index in [1.807, 2.05) is 6.92 Å². The number of carbonyl (C=O) groups is 1. The van der Waals surface area contributed by atoms with E-state index in [-0.39, 0.29) is 4.90 Å². The van der Waals surface area contributed by atoms with Gasteiger partial charge in [-0.25, -0.2) is 8.42 Å². The number of hydrogen-bond acceptors (Lipinski definition) is 4. The van der Waals surface area contributed by atoms with E-state index >= 15 is 0 Å². The highest BCUT2D eigenvalue weighted by Crippen LogP contribution is 2.26. The normalized spacial score (nSPS) is 20.0. The Morgan fingerprint density at radius 2 is 2.00 bits per heavy atom. The number of sulfonamides is 1. The Labute approximate surface area is 119 Å². The molecule has 1 atom stereocenters. The molecule has 0 unspecified atom stereocenters. The zero-order valence-electron chi connectivity index (χ0n) is 11.7. The maximum atomic E-state index is 12.6. The van der Waals surface area contributed by atoms with E-state index in [4.69, 9.17) is 0 Å². The lowest BCUT2D eigenvalue weighted by molar-refractivity contribution is -0.144. The number of hydrogen-bond donors (Lipinski definition) is 0. The number of esters is 1. The largest absolute Gasteiger partial charge is 0.468 e. The van der Waals surface area contributed by atoms with Gasteiger partial charge < -0.3 is 4.74 Å². The van der Waals surface area contributed by atoms with Crippen LogP contribution in [0.4, 0.5) is 0 Å². The van der Waals surface area contributed by atoms with Crippen LogP contribution in [-0.2, 0) is 26.0 Å². The number of aryl methyl sites for hydroxylation is 1. The summed E-state index contributed by atoms with van der Waals surface area (Å²) in [6, 6.07) is 6.10. The van der Waals surface area contributed by atoms with E-state index in [1.54, 1.807) is 24.3 Å². The minimum Gasteiger partial charge on any atom is -0.468 e. The molecule has 1 aromatic carbocycles. The van der Waals surface area contributed by atoms with Crippen LogP contribution in [0.25, 0.3) is 0 Å². The first-order valence-electron chi connectivity index (χ1n) is 6.69. The zero-order chi connectivity index (χ0) is 14.8. The van der Waals surface area contributed by atoms with Crippen LogP contribution in [-0.4, -0.2) is 38.4 Å². The lowest BCUT2D eigenvalue weighted by Gasteiger charge is -2.22. The average Bonchev–Trinajstić information content (AvgIpc) is 2.96. The molecule has 0 saturated carbocycles. The van der Waals surface area contributed by atoms with Crippen LogP contribution < -0.4 is 0 Å². The Hall–Kier alpha value is -1.40. The standard InChI is InChI=1S/C14H19NO4S/c1-3-11-6-8-12(9-7-11)20(17,18)15-10-4-5-13(15)14(16)19-2/h6-9,13H,3-5,10H2,1-2H3/t13-/m0/s1. The zero-order valence-corrected chi connectivity index (χ0v) is 12.5. The van der Waals surface area contributed by atoms with Crippen molar-refractivity contribution in [2.24, 2.45) is 0 Å². The summed E-state index contributed by atoms with van der Waals surface area (Å²) < 4.78 is 31.1. The number of nitrogens with zero attached hydrogens (tertiary/aromatic N) is 1. The lowest BCUT2D eigenvalue weighted by atomic mass is 10.2. The molecule has 2 rings (SSSR count). The van der Waals surface area contributed by atoms with Crippen LogP contribution >= 0.6 is 0 Å². The third kappa shape index (κ3) is 2.71. The minimum absolute atomic E-state index is 0.227. The van der Waals surface area contributed by atoms with E-state index in [9.17, 15) is 13.2 Å². The fourth-order valence-electron chi connectivity index (χ4n) is 2.43. The van der Waals surface area contributed by atoms with E-state index in [0.29, 0.717) is 19.4 Å². The highest BCUT2D eigenvalue weighted by atomic mass is 32.2. The second kappa shape index (κ2) is 5.93. The van der Waals surface area contributed by atoms with Crippen molar-refractivity contribution < 1.29 is 17.9 Å². The Balaban J connectivity index is 2.31. The molecule has 1 aromatic rings. The number of rotatable bonds is 4. The second-order valence-electron chi connectivity index (χ2n) is 4.79. The van der Waals surface area contributed by atoms with Gasteiger partial charge in [-0.1, -0.05) is 19.1 Å². The van der Waals surface area contributed by atoms with Crippen LogP contribution in [0.3, 0.4) is 0 Å². The predicted molar refractivity (Wildman–Crippen MR) is 74.7 cm³/mol. The molecule has 0 spiro atoms. The second-order valence-corrected chi connectivity index (χ2v) is 6.69. The van der Waals surface area contributed by atoms with Crippen molar-refractivity contribution in [1.82, 2.24) is 4.31 Å². The van der Waals surface area contributed by atoms with Crippen molar-refractivity contribution in [2.45, 2.75) is 37.1 Å². The van der Waals surface area contributed by atoms with Crippen molar-refractivity contribution in [1.29, 1.82) is 0 Å². The van der Waals surface area contributed by atoms with Gasteiger partial charge in [-0.3, -0.25) is 4.79 Å². The first kappa shape index (κ1) is 15.0. The molecule has 0 radical (unpaired) electrons. The van der Waals surface area contributed by atoms with Crippen LogP contribution in [0.5, 0.6) is 0 Å². The summed E-state index contributed by atoms with van der Waals surface area (Å²) in [5.41, 5.74) is 1.08. The topological polar surface area (TPSA) is 63.7 Å². The molecule has 0 amide bonds. The predicted octanol–water partition coefficient (Wildman–Crippen LogP) is 1.58. The minimum atomic E-state index is -3.64. The van der Waals surface area contributed by atoms with E-state index in [0.717, 1.165) is 12.0 Å². The first-order valence-corrected chi connectivity index (χ1v) is 8.13. The molecule has 0 aliphatic carbocycles. The Morgan fingerprint density at radius 1 is 1.35 bits per heavy atom. The highest BCUT2D eigenvalue weighted by Gasteiger charge is 2.39. The van der Waals surface area contributed by atoms with Gasteiger partial charge in [-0.2, -0.15) is 4.31 Å². The van der Waals surface area contributed by atoms with Gasteiger partial charge in [0.05, 0.1) is 12.0 Å². The molecule has 5 nitrogen and oxygen atoms in total. The number of carbonyl (C=O) groups excluding carboxylic acids is 1. The van der Waals surface area contributed by atoms with Crippen molar-refractivity contribution in [2.75, 3.05) is 13.7 Å². The van der Waals surface area contributed by atoms with Gasteiger partial charge in [0, 0.05) is 6.54 Å². The molecule has 1 heterocycles. The van der Waals surface area contributed by atoms with Crippen molar-refractivity contribution in [3.63, 3.8) is 0 Å². The summed E-state index contributed by atoms with van der Waals surface area (Å²) in [6.45, 7) is 2.37. The van der Waals surface area contributed by atoms with Crippen LogP contribution in [0, 0.1) is 0 Å². The molecule has 6 heteroatoms. The molecule has 0 aromatic heterocycles. The molecule has 1 fully saturated rings. The van der Waals surface area contributed by atoms with E-state index < -0.39 is 22.0 Å². The quantitative estimate of drug-likeness (QED) is 0.791. The van der Waals surface area contributed by atoms with Gasteiger partial charge in [0.2, 0.25) is 10.0 Å². The van der Waals surface area contributed by atoms with Crippen LogP contribution in [0.15, 0.2) is 29.2 Å². The van der Waals surface area contributed by atoms with Gasteiger partial charge in [0.15, 0.2) is 0 Å². The molecule has 0 N–H and O–H groups in total. The van der Waals surface area contributed by atoms with Crippen molar-refractivity contribution >= 4 is 16.0 Å². The maximum absolute atomic E-state index is 12.6. The lowest BCUT2D eigenvalue weighted by Crippen LogP contribution is -2.41. The summed E-state index contributed by atoms with van der Waals surface area (Å²) >= 11 is 0. The molecule has 1 aliphatic heterocycles. The molecular formula is C14H19NO4S. The molecule has 110 valence electrons. The van der Waals surface area contributed by atoms with Gasteiger partial charge in [-0.05, 0) is 37.0 Å². The molecule has 0 bridgehead atoms. The van der Waals surface area contributed by atoms with Crippen molar-refractivity contribution in [3.05, 3.63) is 29.8 Å². The Kier molecular flexibility index (Phi) is 4.45. The summed E-state index contributed by atoms with van der Waals surface area (Å²) in [4.78, 5) is 11.9. The summed E-state index contributed by atoms with van der Waals surface area (Å²) in [5.74, 6) is -0.490. The SMILES string of the molecule is CCc1ccc(S(=O)(=O)N2CCC[C@H]2C(=O)OC)cc1. The molecule has 20 heavy (non-hydrogen) atoms. The third-order valence-corrected chi connectivity index (χ3v) is 5.54. The smallest absolute Gasteiger partial charge is 0.324 e. The number of ether oxygens (including phenoxy) is 1. The summed E-state index contributed by atoms with van der Waals surface area (Å²) in [6.07, 6.45) is 2.04. The molecular weight excluding hydrogens is 278 g/mol. The summed E-state index contributed by atoms with van der Waals surface area (Å²) in [7, 11) is -2.36. The van der Waals surface area contributed by atoms with Gasteiger partial charge in [0.1, 0.15) is 6.04 Å². The monoisotopic (exact) mass is 297 g/mol. The number of benzene rings is 1. The van der Waals surface area contributed by atoms with E-state index in [2.05, 4.69) is 4.74 Å². The fourth-order valence-corrected chi connectivity index (χ4v) is 4.08. The fraction of sp³-hybridized carbons (Fsp3) is 0.500. The molecule has 1 aliphatic rings. The average molecular weight is 297 g/mol. The van der Waals surface area contributed by atoms with Crippen LogP contribution in [0.2, 0.25) is 0 Å². The summed E-state index contributed by atoms with van der Waals surface area (Å²) in [5, 5.41) is 0. The van der Waals surface area contributed by atoms with Gasteiger partial charge in [-0.15, -0.1) is 0 Å². The Morgan fingerprint density at radius 3 is 2.55 bits per heavy atom. The van der Waals surface area contributed by atoms with Gasteiger partial charge >= 0.3 is 5.97 Å². The van der Waals surface area contributed by atoms with Crippen LogP contribution in [0.1, 0.15) is 25.3 Å². The van der Waals surface area contributed by atoms with Gasteiger partial charge in [0.25, 0.3) is 0 Å². The van der Waals surface area contributed by atoms with Crippen molar-refractivity contribution in [3.8, 4) is 0 Å². The maximum Gasteiger partial charge on any atom is 0.324 e. The first-order chi connectivity index (χ1) is 9.50. The highest BCUT2D eigenvalue weighted by molar-refractivity contribution is 7.89. The third-order valence-electron chi connectivity index (χ3n) is 3.62. The number of methoxy groups -OCH3 is 1. The Bertz CT molecular complexity index is 580. The van der Waals surface area contributed by atoms with E-state index in [1.165, 1.54) is 11.4 Å². The molecule has 1 saturated heterocycles.